The number of rotatable bonds is 10. The van der Waals surface area contributed by atoms with E-state index in [0.29, 0.717) is 43.9 Å². The van der Waals surface area contributed by atoms with E-state index in [1.54, 1.807) is 31.4 Å². The van der Waals surface area contributed by atoms with Crippen molar-refractivity contribution in [1.29, 1.82) is 0 Å². The Hall–Kier alpha value is -2.08. The average Bonchev–Trinajstić information content (AvgIpc) is 2.45. The molecule has 0 radical (unpaired) electrons. The number of hydrogen-bond acceptors (Lipinski definition) is 4. The fraction of sp³-hybridized carbons (Fsp3) is 0.467. The first-order chi connectivity index (χ1) is 10.1. The van der Waals surface area contributed by atoms with Gasteiger partial charge in [-0.3, -0.25) is 9.59 Å². The third-order valence-corrected chi connectivity index (χ3v) is 2.74. The molecule has 0 aliphatic carbocycles. The largest absolute Gasteiger partial charge is 0.491 e. The molecule has 0 spiro atoms. The smallest absolute Gasteiger partial charge is 0.303 e. The lowest BCUT2D eigenvalue weighted by molar-refractivity contribution is -0.137. The summed E-state index contributed by atoms with van der Waals surface area (Å²) in [6.45, 7) is 1.00. The van der Waals surface area contributed by atoms with Crippen LogP contribution in [0.3, 0.4) is 0 Å². The first kappa shape index (κ1) is 17.0. The van der Waals surface area contributed by atoms with Crippen LogP contribution in [0.25, 0.3) is 0 Å². The van der Waals surface area contributed by atoms with Gasteiger partial charge < -0.3 is 19.9 Å². The Morgan fingerprint density at radius 2 is 1.76 bits per heavy atom. The van der Waals surface area contributed by atoms with Crippen molar-refractivity contribution in [3.63, 3.8) is 0 Å². The molecule has 1 aromatic carbocycles. The monoisotopic (exact) mass is 295 g/mol. The number of carbonyl (C=O) groups excluding carboxylic acids is 1. The van der Waals surface area contributed by atoms with Gasteiger partial charge in [0, 0.05) is 25.6 Å². The van der Waals surface area contributed by atoms with Crippen molar-refractivity contribution in [3.8, 4) is 5.75 Å². The number of benzene rings is 1. The van der Waals surface area contributed by atoms with E-state index in [4.69, 9.17) is 14.6 Å². The number of anilines is 1. The van der Waals surface area contributed by atoms with Crippen LogP contribution in [0.2, 0.25) is 0 Å². The summed E-state index contributed by atoms with van der Waals surface area (Å²) < 4.78 is 10.3. The lowest BCUT2D eigenvalue weighted by Crippen LogP contribution is -2.11. The molecule has 0 heterocycles. The molecule has 1 aromatic rings. The van der Waals surface area contributed by atoms with E-state index >= 15 is 0 Å². The Labute approximate surface area is 124 Å². The molecule has 0 saturated carbocycles. The Kier molecular flexibility index (Phi) is 7.89. The first-order valence-electron chi connectivity index (χ1n) is 6.85. The molecular formula is C15H21NO5. The molecule has 116 valence electrons. The van der Waals surface area contributed by atoms with Crippen molar-refractivity contribution in [1.82, 2.24) is 0 Å². The van der Waals surface area contributed by atoms with Crippen molar-refractivity contribution in [2.45, 2.75) is 25.7 Å². The molecule has 1 rings (SSSR count). The third-order valence-electron chi connectivity index (χ3n) is 2.74. The Bertz CT molecular complexity index is 444. The number of carboxylic acids is 1. The first-order valence-corrected chi connectivity index (χ1v) is 6.85. The van der Waals surface area contributed by atoms with Gasteiger partial charge in [0.1, 0.15) is 12.4 Å². The van der Waals surface area contributed by atoms with E-state index in [9.17, 15) is 9.59 Å². The van der Waals surface area contributed by atoms with E-state index in [1.807, 2.05) is 0 Å². The second kappa shape index (κ2) is 9.77. The van der Waals surface area contributed by atoms with Gasteiger partial charge in [-0.1, -0.05) is 0 Å². The lowest BCUT2D eigenvalue weighted by atomic mass is 10.2. The zero-order valence-electron chi connectivity index (χ0n) is 12.1. The van der Waals surface area contributed by atoms with Crippen LogP contribution in [0.1, 0.15) is 25.7 Å². The average molecular weight is 295 g/mol. The van der Waals surface area contributed by atoms with Crippen LogP contribution in [0.5, 0.6) is 5.75 Å². The fourth-order valence-electron chi connectivity index (χ4n) is 1.66. The number of hydrogen-bond donors (Lipinski definition) is 2. The van der Waals surface area contributed by atoms with Crippen molar-refractivity contribution in [2.75, 3.05) is 25.6 Å². The minimum absolute atomic E-state index is 0.0980. The maximum Gasteiger partial charge on any atom is 0.303 e. The molecule has 0 unspecified atom stereocenters. The second-order valence-corrected chi connectivity index (χ2v) is 4.51. The Morgan fingerprint density at radius 3 is 2.38 bits per heavy atom. The van der Waals surface area contributed by atoms with Crippen LogP contribution >= 0.6 is 0 Å². The van der Waals surface area contributed by atoms with Gasteiger partial charge >= 0.3 is 5.97 Å². The molecule has 2 N–H and O–H groups in total. The van der Waals surface area contributed by atoms with Gasteiger partial charge in [-0.05, 0) is 37.1 Å². The van der Waals surface area contributed by atoms with Crippen molar-refractivity contribution < 1.29 is 24.2 Å². The maximum atomic E-state index is 11.6. The molecule has 6 nitrogen and oxygen atoms in total. The van der Waals surface area contributed by atoms with Crippen LogP contribution in [0.15, 0.2) is 24.3 Å². The summed E-state index contributed by atoms with van der Waals surface area (Å²) in [5.41, 5.74) is 0.692. The van der Waals surface area contributed by atoms with Crippen LogP contribution in [-0.2, 0) is 14.3 Å². The summed E-state index contributed by atoms with van der Waals surface area (Å²) in [4.78, 5) is 22.0. The minimum Gasteiger partial charge on any atom is -0.491 e. The molecule has 0 aliphatic rings. The predicted octanol–water partition coefficient (Wildman–Crippen LogP) is 2.30. The molecule has 1 amide bonds. The number of methoxy groups -OCH3 is 1. The quantitative estimate of drug-likeness (QED) is 0.647. The molecule has 6 heteroatoms. The normalized spacial score (nSPS) is 10.1. The predicted molar refractivity (Wildman–Crippen MR) is 78.5 cm³/mol. The summed E-state index contributed by atoms with van der Waals surface area (Å²) in [6.07, 6.45) is 1.49. The van der Waals surface area contributed by atoms with Gasteiger partial charge in [0.15, 0.2) is 0 Å². The van der Waals surface area contributed by atoms with Gasteiger partial charge in [-0.25, -0.2) is 0 Å². The fourth-order valence-corrected chi connectivity index (χ4v) is 1.66. The van der Waals surface area contributed by atoms with E-state index in [1.165, 1.54) is 0 Å². The molecule has 0 bridgehead atoms. The highest BCUT2D eigenvalue weighted by Gasteiger charge is 2.04. The number of nitrogens with one attached hydrogen (secondary N) is 1. The summed E-state index contributed by atoms with van der Waals surface area (Å²) in [7, 11) is 1.61. The van der Waals surface area contributed by atoms with Gasteiger partial charge in [0.2, 0.25) is 5.91 Å². The summed E-state index contributed by atoms with van der Waals surface area (Å²) in [5.74, 6) is -0.237. The van der Waals surface area contributed by atoms with Gasteiger partial charge in [0.05, 0.1) is 6.61 Å². The van der Waals surface area contributed by atoms with Crippen molar-refractivity contribution >= 4 is 17.6 Å². The third kappa shape index (κ3) is 7.94. The van der Waals surface area contributed by atoms with E-state index in [0.717, 1.165) is 0 Å². The molecule has 0 aliphatic heterocycles. The highest BCUT2D eigenvalue weighted by Crippen LogP contribution is 2.16. The Morgan fingerprint density at radius 1 is 1.10 bits per heavy atom. The van der Waals surface area contributed by atoms with Crippen LogP contribution < -0.4 is 10.1 Å². The lowest BCUT2D eigenvalue weighted by Gasteiger charge is -2.08. The number of aliphatic carboxylic acids is 1. The molecule has 0 atom stereocenters. The second-order valence-electron chi connectivity index (χ2n) is 4.51. The van der Waals surface area contributed by atoms with Gasteiger partial charge in [0.25, 0.3) is 0 Å². The molecule has 0 aromatic heterocycles. The summed E-state index contributed by atoms with van der Waals surface area (Å²) >= 11 is 0. The van der Waals surface area contributed by atoms with E-state index < -0.39 is 5.97 Å². The van der Waals surface area contributed by atoms with E-state index in [-0.39, 0.29) is 12.3 Å². The summed E-state index contributed by atoms with van der Waals surface area (Å²) in [5, 5.41) is 11.3. The molecule has 21 heavy (non-hydrogen) atoms. The summed E-state index contributed by atoms with van der Waals surface area (Å²) in [6, 6.07) is 7.07. The zero-order valence-corrected chi connectivity index (χ0v) is 12.1. The van der Waals surface area contributed by atoms with Crippen LogP contribution in [0.4, 0.5) is 5.69 Å². The molecule has 0 saturated heterocycles. The number of unbranched alkanes of at least 4 members (excludes halogenated alkanes) is 1. The topological polar surface area (TPSA) is 84.9 Å². The number of amides is 1. The number of carboxylic acid groups (broad SMARTS) is 1. The molecule has 0 fully saturated rings. The highest BCUT2D eigenvalue weighted by molar-refractivity contribution is 5.90. The number of carbonyl (C=O) groups is 2. The van der Waals surface area contributed by atoms with Crippen LogP contribution in [-0.4, -0.2) is 37.3 Å². The van der Waals surface area contributed by atoms with Crippen molar-refractivity contribution in [2.24, 2.45) is 0 Å². The van der Waals surface area contributed by atoms with Crippen molar-refractivity contribution in [3.05, 3.63) is 24.3 Å². The SMILES string of the molecule is COCCOc1ccc(NC(=O)CCCCC(=O)O)cc1. The van der Waals surface area contributed by atoms with E-state index in [2.05, 4.69) is 5.32 Å². The Balaban J connectivity index is 2.27. The van der Waals surface area contributed by atoms with Gasteiger partial charge in [-0.15, -0.1) is 0 Å². The van der Waals surface area contributed by atoms with Gasteiger partial charge in [-0.2, -0.15) is 0 Å². The molecular weight excluding hydrogens is 274 g/mol. The highest BCUT2D eigenvalue weighted by atomic mass is 16.5. The minimum atomic E-state index is -0.834. The standard InChI is InChI=1S/C15H21NO5/c1-20-10-11-21-13-8-6-12(7-9-13)16-14(17)4-2-3-5-15(18)19/h6-9H,2-5,10-11H2,1H3,(H,16,17)(H,18,19). The maximum absolute atomic E-state index is 11.6. The van der Waals surface area contributed by atoms with Crippen LogP contribution in [0, 0.1) is 0 Å². The number of ether oxygens (including phenoxy) is 2. The zero-order chi connectivity index (χ0) is 15.5.